The summed E-state index contributed by atoms with van der Waals surface area (Å²) in [4.78, 5) is 9.96. The Kier molecular flexibility index (Phi) is 2.17. The Morgan fingerprint density at radius 2 is 1.91 bits per heavy atom. The Labute approximate surface area is 61.3 Å². The zero-order valence-corrected chi connectivity index (χ0v) is 5.60. The van der Waals surface area contributed by atoms with E-state index in [4.69, 9.17) is 0 Å². The molecular weight excluding hydrogens is 161 g/mol. The van der Waals surface area contributed by atoms with E-state index in [-0.39, 0.29) is 18.8 Å². The van der Waals surface area contributed by atoms with E-state index in [1.54, 1.807) is 0 Å². The maximum atomic E-state index is 11.4. The molecule has 1 aliphatic rings. The average Bonchev–Trinajstić information content (AvgIpc) is 1.75. The van der Waals surface area contributed by atoms with Crippen LogP contribution in [0.1, 0.15) is 12.8 Å². The summed E-state index contributed by atoms with van der Waals surface area (Å²) in [5.41, 5.74) is 0. The van der Waals surface area contributed by atoms with Crippen molar-refractivity contribution in [1.82, 2.24) is 0 Å². The summed E-state index contributed by atoms with van der Waals surface area (Å²) in [5.74, 6) is -0.234. The van der Waals surface area contributed by atoms with Crippen LogP contribution in [0.25, 0.3) is 0 Å². The highest BCUT2D eigenvalue weighted by molar-refractivity contribution is 5.55. The molecule has 0 aliphatic heterocycles. The number of halogens is 3. The molecule has 0 radical (unpaired) electrons. The second-order valence-electron chi connectivity index (χ2n) is 2.55. The van der Waals surface area contributed by atoms with Gasteiger partial charge in [-0.1, -0.05) is 0 Å². The van der Waals surface area contributed by atoms with Crippen molar-refractivity contribution in [3.05, 3.63) is 0 Å². The standard InChI is InChI=1S/C6H7F3O2/c7-6(8,9)11-5-1-4(2-5)3-10/h3-5H,1-2H2. The fourth-order valence-electron chi connectivity index (χ4n) is 1.00. The summed E-state index contributed by atoms with van der Waals surface area (Å²) in [5, 5.41) is 0. The van der Waals surface area contributed by atoms with Gasteiger partial charge in [0.2, 0.25) is 0 Å². The van der Waals surface area contributed by atoms with Crippen molar-refractivity contribution in [3.8, 4) is 0 Å². The molecule has 0 bridgehead atoms. The van der Waals surface area contributed by atoms with Gasteiger partial charge in [-0.25, -0.2) is 0 Å². The van der Waals surface area contributed by atoms with Crippen molar-refractivity contribution < 1.29 is 22.7 Å². The Bertz CT molecular complexity index is 148. The SMILES string of the molecule is O=CC1CC(OC(F)(F)F)C1. The second-order valence-corrected chi connectivity index (χ2v) is 2.55. The largest absolute Gasteiger partial charge is 0.522 e. The van der Waals surface area contributed by atoms with Gasteiger partial charge in [0.25, 0.3) is 0 Å². The van der Waals surface area contributed by atoms with Gasteiger partial charge in [-0.2, -0.15) is 0 Å². The monoisotopic (exact) mass is 168 g/mol. The number of hydrogen-bond acceptors (Lipinski definition) is 2. The number of ether oxygens (including phenoxy) is 1. The maximum absolute atomic E-state index is 11.4. The molecule has 0 aromatic carbocycles. The molecule has 0 saturated heterocycles. The van der Waals surface area contributed by atoms with Crippen LogP contribution in [-0.2, 0) is 9.53 Å². The third-order valence-corrected chi connectivity index (χ3v) is 1.62. The Morgan fingerprint density at radius 3 is 2.27 bits per heavy atom. The molecule has 0 heterocycles. The molecule has 1 saturated carbocycles. The minimum Gasteiger partial charge on any atom is -0.303 e. The Hall–Kier alpha value is -0.580. The quantitative estimate of drug-likeness (QED) is 0.584. The summed E-state index contributed by atoms with van der Waals surface area (Å²) in [6, 6.07) is 0. The van der Waals surface area contributed by atoms with Crippen molar-refractivity contribution in [2.45, 2.75) is 25.3 Å². The molecule has 0 amide bonds. The molecule has 0 aromatic rings. The van der Waals surface area contributed by atoms with Crippen LogP contribution in [0.15, 0.2) is 0 Å². The van der Waals surface area contributed by atoms with E-state index in [9.17, 15) is 18.0 Å². The Morgan fingerprint density at radius 1 is 1.36 bits per heavy atom. The lowest BCUT2D eigenvalue weighted by molar-refractivity contribution is -0.352. The first-order valence-electron chi connectivity index (χ1n) is 3.21. The van der Waals surface area contributed by atoms with Crippen molar-refractivity contribution in [2.75, 3.05) is 0 Å². The number of aldehydes is 1. The van der Waals surface area contributed by atoms with Gasteiger partial charge in [0, 0.05) is 5.92 Å². The van der Waals surface area contributed by atoms with Gasteiger partial charge in [-0.05, 0) is 12.8 Å². The molecule has 1 aliphatic carbocycles. The van der Waals surface area contributed by atoms with Gasteiger partial charge in [-0.15, -0.1) is 13.2 Å². The normalized spacial score (nSPS) is 31.2. The highest BCUT2D eigenvalue weighted by Gasteiger charge is 2.39. The molecule has 0 aromatic heterocycles. The van der Waals surface area contributed by atoms with Crippen molar-refractivity contribution in [1.29, 1.82) is 0 Å². The van der Waals surface area contributed by atoms with E-state index in [2.05, 4.69) is 4.74 Å². The van der Waals surface area contributed by atoms with Crippen LogP contribution in [0.5, 0.6) is 0 Å². The Balaban J connectivity index is 2.18. The summed E-state index contributed by atoms with van der Waals surface area (Å²) >= 11 is 0. The zero-order chi connectivity index (χ0) is 8.48. The number of alkyl halides is 3. The minimum absolute atomic E-state index is 0.197. The van der Waals surface area contributed by atoms with Crippen LogP contribution < -0.4 is 0 Å². The fourth-order valence-corrected chi connectivity index (χ4v) is 1.00. The van der Waals surface area contributed by atoms with Gasteiger partial charge in [0.1, 0.15) is 6.29 Å². The maximum Gasteiger partial charge on any atom is 0.522 e. The minimum atomic E-state index is -4.56. The topological polar surface area (TPSA) is 26.3 Å². The molecular formula is C6H7F3O2. The lowest BCUT2D eigenvalue weighted by atomic mass is 9.84. The lowest BCUT2D eigenvalue weighted by Gasteiger charge is -2.31. The number of carbonyl (C=O) groups is 1. The summed E-state index contributed by atoms with van der Waals surface area (Å²) < 4.78 is 38.0. The van der Waals surface area contributed by atoms with Crippen LogP contribution in [0, 0.1) is 5.92 Å². The van der Waals surface area contributed by atoms with Crippen molar-refractivity contribution >= 4 is 6.29 Å². The lowest BCUT2D eigenvalue weighted by Crippen LogP contribution is -2.36. The van der Waals surface area contributed by atoms with E-state index in [1.165, 1.54) is 0 Å². The third kappa shape index (κ3) is 2.49. The van der Waals surface area contributed by atoms with E-state index in [1.807, 2.05) is 0 Å². The molecule has 0 atom stereocenters. The summed E-state index contributed by atoms with van der Waals surface area (Å²) in [6.07, 6.45) is -4.30. The van der Waals surface area contributed by atoms with E-state index < -0.39 is 12.5 Å². The van der Waals surface area contributed by atoms with Gasteiger partial charge in [0.15, 0.2) is 0 Å². The van der Waals surface area contributed by atoms with Crippen LogP contribution in [-0.4, -0.2) is 18.8 Å². The van der Waals surface area contributed by atoms with Crippen LogP contribution in [0.2, 0.25) is 0 Å². The summed E-state index contributed by atoms with van der Waals surface area (Å²) in [7, 11) is 0. The molecule has 0 N–H and O–H groups in total. The van der Waals surface area contributed by atoms with Gasteiger partial charge in [0.05, 0.1) is 6.10 Å². The summed E-state index contributed by atoms with van der Waals surface area (Å²) in [6.45, 7) is 0. The van der Waals surface area contributed by atoms with Crippen LogP contribution in [0.3, 0.4) is 0 Å². The highest BCUT2D eigenvalue weighted by atomic mass is 19.4. The first-order valence-corrected chi connectivity index (χ1v) is 3.21. The zero-order valence-electron chi connectivity index (χ0n) is 5.60. The second kappa shape index (κ2) is 2.81. The van der Waals surface area contributed by atoms with Crippen molar-refractivity contribution in [2.24, 2.45) is 5.92 Å². The first kappa shape index (κ1) is 8.52. The molecule has 0 spiro atoms. The molecule has 5 heteroatoms. The average molecular weight is 168 g/mol. The predicted octanol–water partition coefficient (Wildman–Crippen LogP) is 1.50. The first-order chi connectivity index (χ1) is 5.01. The molecule has 1 rings (SSSR count). The number of rotatable bonds is 2. The van der Waals surface area contributed by atoms with Crippen LogP contribution in [0.4, 0.5) is 13.2 Å². The molecule has 1 fully saturated rings. The van der Waals surface area contributed by atoms with Gasteiger partial charge in [-0.3, -0.25) is 4.74 Å². The predicted molar refractivity (Wildman–Crippen MR) is 29.7 cm³/mol. The van der Waals surface area contributed by atoms with Gasteiger partial charge >= 0.3 is 6.36 Å². The third-order valence-electron chi connectivity index (χ3n) is 1.62. The van der Waals surface area contributed by atoms with E-state index >= 15 is 0 Å². The number of hydrogen-bond donors (Lipinski definition) is 0. The molecule has 2 nitrogen and oxygen atoms in total. The highest BCUT2D eigenvalue weighted by Crippen LogP contribution is 2.33. The van der Waals surface area contributed by atoms with E-state index in [0.717, 1.165) is 0 Å². The molecule has 0 unspecified atom stereocenters. The van der Waals surface area contributed by atoms with E-state index in [0.29, 0.717) is 6.29 Å². The fraction of sp³-hybridized carbons (Fsp3) is 0.833. The van der Waals surface area contributed by atoms with Crippen LogP contribution >= 0.6 is 0 Å². The smallest absolute Gasteiger partial charge is 0.303 e. The molecule has 64 valence electrons. The number of carbonyl (C=O) groups excluding carboxylic acids is 1. The van der Waals surface area contributed by atoms with Crippen molar-refractivity contribution in [3.63, 3.8) is 0 Å². The van der Waals surface area contributed by atoms with Gasteiger partial charge < -0.3 is 4.79 Å². The molecule has 11 heavy (non-hydrogen) atoms.